The molecule has 9 aromatic carbocycles. The second-order valence-corrected chi connectivity index (χ2v) is 25.0. The van der Waals surface area contributed by atoms with E-state index in [2.05, 4.69) is 185 Å². The van der Waals surface area contributed by atoms with E-state index in [0.29, 0.717) is 5.41 Å². The molecule has 2 aliphatic heterocycles. The van der Waals surface area contributed by atoms with Crippen LogP contribution in [0.4, 0.5) is 11.4 Å². The van der Waals surface area contributed by atoms with Crippen molar-refractivity contribution < 1.29 is 0 Å². The van der Waals surface area contributed by atoms with Gasteiger partial charge in [-0.1, -0.05) is 173 Å². The molecule has 4 bridgehead atoms. The summed E-state index contributed by atoms with van der Waals surface area (Å²) in [7, 11) is 0. The molecule has 0 atom stereocenters. The minimum atomic E-state index is -0.0519. The lowest BCUT2D eigenvalue weighted by molar-refractivity contribution is 0.149. The predicted molar refractivity (Wildman–Crippen MR) is 316 cm³/mol. The van der Waals surface area contributed by atoms with Gasteiger partial charge in [0.2, 0.25) is 0 Å². The highest BCUT2D eigenvalue weighted by Gasteiger charge is 2.48. The van der Waals surface area contributed by atoms with Crippen LogP contribution in [0.25, 0.3) is 91.8 Å². The molecule has 4 heteroatoms. The van der Waals surface area contributed by atoms with Gasteiger partial charge in [-0.3, -0.25) is 0 Å². The van der Waals surface area contributed by atoms with E-state index in [1.165, 1.54) is 204 Å². The lowest BCUT2D eigenvalue weighted by Gasteiger charge is -2.47. The molecule has 74 heavy (non-hydrogen) atoms. The first-order valence-corrected chi connectivity index (χ1v) is 29.1. The summed E-state index contributed by atoms with van der Waals surface area (Å²) in [5.41, 5.74) is 21.1. The Bertz CT molecular complexity index is 4110. The third-order valence-corrected chi connectivity index (χ3v) is 21.3. The molecule has 0 N–H and O–H groups in total. The number of hydrogen-bond donors (Lipinski definition) is 0. The molecule has 6 aliphatic rings. The smallest absolute Gasteiger partial charge is 0.333 e. The molecule has 4 fully saturated rings. The maximum atomic E-state index is 2.84. The Labute approximate surface area is 438 Å². The highest BCUT2D eigenvalue weighted by molar-refractivity contribution is 7.26. The minimum absolute atomic E-state index is 0.0519. The maximum Gasteiger partial charge on any atom is 0.333 e. The van der Waals surface area contributed by atoms with Crippen molar-refractivity contribution in [1.29, 1.82) is 0 Å². The van der Waals surface area contributed by atoms with E-state index in [0.717, 1.165) is 11.8 Å². The molecule has 2 aromatic heterocycles. The zero-order valence-corrected chi connectivity index (χ0v) is 43.0. The number of benzene rings is 9. The van der Waals surface area contributed by atoms with E-state index in [9.17, 15) is 0 Å². The molecule has 4 aliphatic carbocycles. The van der Waals surface area contributed by atoms with E-state index in [1.807, 2.05) is 11.3 Å². The van der Waals surface area contributed by atoms with Crippen LogP contribution in [0.3, 0.4) is 0 Å². The fraction of sp³-hybridized carbons (Fsp3) is 0.257. The molecule has 17 rings (SSSR count). The lowest BCUT2D eigenvalue weighted by Crippen LogP contribution is -2.61. The number of anilines is 2. The van der Waals surface area contributed by atoms with Gasteiger partial charge in [-0.05, 0) is 176 Å². The Kier molecular flexibility index (Phi) is 9.08. The summed E-state index contributed by atoms with van der Waals surface area (Å²) in [6, 6.07) is 69.3. The van der Waals surface area contributed by atoms with Crippen LogP contribution in [-0.4, -0.2) is 11.4 Å². The Balaban J connectivity index is 1.01. The van der Waals surface area contributed by atoms with Crippen LogP contribution in [-0.2, 0) is 10.8 Å². The molecule has 4 heterocycles. The Hall–Kier alpha value is -6.88. The van der Waals surface area contributed by atoms with Crippen LogP contribution >= 0.6 is 11.3 Å². The number of nitrogens with zero attached hydrogens (tertiary/aromatic N) is 2. The Morgan fingerprint density at radius 3 is 1.80 bits per heavy atom. The molecule has 0 unspecified atom stereocenters. The highest BCUT2D eigenvalue weighted by atomic mass is 32.1. The average molecular weight is 971 g/mol. The molecular weight excluding hydrogens is 912 g/mol. The highest BCUT2D eigenvalue weighted by Crippen LogP contribution is 2.56. The number of rotatable bonds is 5. The fourth-order valence-electron chi connectivity index (χ4n) is 16.8. The Morgan fingerprint density at radius 2 is 1.09 bits per heavy atom. The molecule has 2 nitrogen and oxygen atoms in total. The number of hydrogen-bond acceptors (Lipinski definition) is 2. The maximum absolute atomic E-state index is 2.84. The predicted octanol–water partition coefficient (Wildman–Crippen LogP) is 18.1. The fourth-order valence-corrected chi connectivity index (χ4v) is 18.1. The summed E-state index contributed by atoms with van der Waals surface area (Å²) < 4.78 is 5.49. The molecule has 4 saturated carbocycles. The summed E-state index contributed by atoms with van der Waals surface area (Å²) in [4.78, 5) is 2.84. The number of aromatic nitrogens is 1. The summed E-state index contributed by atoms with van der Waals surface area (Å²) in [5.74, 6) is 1.72. The van der Waals surface area contributed by atoms with Crippen molar-refractivity contribution in [2.45, 2.75) is 101 Å². The van der Waals surface area contributed by atoms with Crippen LogP contribution in [0, 0.1) is 11.8 Å². The summed E-state index contributed by atoms with van der Waals surface area (Å²) in [5, 5.41) is 8.25. The number of thiophene rings is 1. The monoisotopic (exact) mass is 970 g/mol. The molecule has 0 saturated heterocycles. The average Bonchev–Trinajstić information content (AvgIpc) is 4.01. The summed E-state index contributed by atoms with van der Waals surface area (Å²) in [6.45, 7) is -0.0519. The van der Waals surface area contributed by atoms with Gasteiger partial charge in [-0.25, -0.2) is 0 Å². The molecule has 0 spiro atoms. The van der Waals surface area contributed by atoms with E-state index < -0.39 is 0 Å². The van der Waals surface area contributed by atoms with Crippen molar-refractivity contribution in [1.82, 2.24) is 4.57 Å². The van der Waals surface area contributed by atoms with E-state index >= 15 is 0 Å². The normalized spacial score (nSPS) is 22.7. The zero-order chi connectivity index (χ0) is 48.3. The third-order valence-electron chi connectivity index (χ3n) is 20.1. The van der Waals surface area contributed by atoms with Gasteiger partial charge < -0.3 is 9.38 Å². The van der Waals surface area contributed by atoms with E-state index in [1.54, 1.807) is 11.1 Å². The third kappa shape index (κ3) is 6.07. The zero-order valence-electron chi connectivity index (χ0n) is 42.2. The van der Waals surface area contributed by atoms with Gasteiger partial charge in [-0.2, -0.15) is 0 Å². The molecule has 358 valence electrons. The SMILES string of the molecule is c1ccc(-c2ccc(N3B4c5c(cc(-c6ccccc6)cc5-n5c6ccc(C78CCCC(CCC7)C8)cc6c6cc(C78CCCC(CCC7)C8)cc4c65)-c4ccc5c(sc6cc7ccccc7cc65)c43)cc2)cc1. The van der Waals surface area contributed by atoms with E-state index in [4.69, 9.17) is 0 Å². The summed E-state index contributed by atoms with van der Waals surface area (Å²) in [6.07, 6.45) is 19.1. The van der Waals surface area contributed by atoms with Crippen molar-refractivity contribution in [3.05, 3.63) is 187 Å². The topological polar surface area (TPSA) is 8.17 Å². The Morgan fingerprint density at radius 1 is 0.473 bits per heavy atom. The van der Waals surface area contributed by atoms with Crippen LogP contribution < -0.4 is 15.7 Å². The van der Waals surface area contributed by atoms with Crippen molar-refractivity contribution in [3.8, 4) is 39.1 Å². The van der Waals surface area contributed by atoms with Crippen molar-refractivity contribution >= 4 is 93.2 Å². The molecule has 11 aromatic rings. The van der Waals surface area contributed by atoms with Crippen LogP contribution in [0.2, 0.25) is 0 Å². The molecule has 0 amide bonds. The van der Waals surface area contributed by atoms with Gasteiger partial charge in [0.1, 0.15) is 0 Å². The van der Waals surface area contributed by atoms with Crippen LogP contribution in [0.15, 0.2) is 176 Å². The van der Waals surface area contributed by atoms with Gasteiger partial charge in [0.05, 0.1) is 21.4 Å². The summed E-state index contributed by atoms with van der Waals surface area (Å²) >= 11 is 1.99. The van der Waals surface area contributed by atoms with Crippen molar-refractivity contribution in [3.63, 3.8) is 0 Å². The molecule has 0 radical (unpaired) electrons. The largest absolute Gasteiger partial charge is 0.375 e. The number of fused-ring (bicyclic) bond motifs is 16. The quantitative estimate of drug-likeness (QED) is 0.156. The van der Waals surface area contributed by atoms with Gasteiger partial charge in [0.25, 0.3) is 0 Å². The van der Waals surface area contributed by atoms with Crippen LogP contribution in [0.5, 0.6) is 0 Å². The first kappa shape index (κ1) is 42.5. The first-order chi connectivity index (χ1) is 36.6. The lowest BCUT2D eigenvalue weighted by atomic mass is 9.43. The second kappa shape index (κ2) is 15.8. The van der Waals surface area contributed by atoms with Crippen molar-refractivity contribution in [2.75, 3.05) is 4.81 Å². The first-order valence-electron chi connectivity index (χ1n) is 28.3. The molecular formula is C70H59BN2S. The van der Waals surface area contributed by atoms with Crippen LogP contribution in [0.1, 0.15) is 101 Å². The second-order valence-electron chi connectivity index (χ2n) is 23.9. The van der Waals surface area contributed by atoms with Crippen molar-refractivity contribution in [2.24, 2.45) is 11.8 Å². The van der Waals surface area contributed by atoms with E-state index in [-0.39, 0.29) is 12.3 Å². The van der Waals surface area contributed by atoms with Gasteiger partial charge in [0.15, 0.2) is 0 Å². The minimum Gasteiger partial charge on any atom is -0.375 e. The van der Waals surface area contributed by atoms with Gasteiger partial charge in [0, 0.05) is 43.2 Å². The standard InChI is InChI=1S/C70H59BN2S/c1-3-17-46(18-4-1)48-23-26-54(27-24-48)73-67-55(28-29-56-58-35-49-21-7-8-22-50(49)38-64(58)74-68(56)67)59-36-51(47-19-5-2-6-20-47)37-63-65(59)71(73)61-41-53(70-33-11-15-45(43-70)16-12-34-70)40-60-57-39-52(25-30-62(57)72(63)66(60)61)69-31-9-13-44(42-69)14-10-32-69/h1-8,17-30,35-41,44-45H,9-16,31-34,42-43H2. The van der Waals surface area contributed by atoms with Gasteiger partial charge in [-0.15, -0.1) is 11.3 Å². The van der Waals surface area contributed by atoms with Gasteiger partial charge >= 0.3 is 6.85 Å².